The molecular formula is C11H16N2O2. The Hall–Kier alpha value is -1.42. The second kappa shape index (κ2) is 4.89. The fraction of sp³-hybridized carbons (Fsp3) is 0.455. The number of carbonyl (C=O) groups is 1. The van der Waals surface area contributed by atoms with Gasteiger partial charge >= 0.3 is 5.97 Å². The maximum absolute atomic E-state index is 11.5. The van der Waals surface area contributed by atoms with Gasteiger partial charge in [0.05, 0.1) is 12.5 Å². The van der Waals surface area contributed by atoms with Crippen LogP contribution in [0.5, 0.6) is 0 Å². The van der Waals surface area contributed by atoms with E-state index in [0.717, 1.165) is 5.69 Å². The first-order chi connectivity index (χ1) is 7.12. The largest absolute Gasteiger partial charge is 0.469 e. The normalized spacial score (nSPS) is 14.3. The molecule has 0 saturated heterocycles. The molecule has 0 amide bonds. The van der Waals surface area contributed by atoms with Crippen LogP contribution < -0.4 is 5.73 Å². The molecule has 1 heterocycles. The lowest BCUT2D eigenvalue weighted by atomic mass is 9.85. The fourth-order valence-corrected chi connectivity index (χ4v) is 1.38. The molecule has 2 N–H and O–H groups in total. The van der Waals surface area contributed by atoms with Crippen molar-refractivity contribution in [2.45, 2.75) is 13.3 Å². The number of carbonyl (C=O) groups excluding carboxylic acids is 1. The van der Waals surface area contributed by atoms with Crippen LogP contribution >= 0.6 is 0 Å². The van der Waals surface area contributed by atoms with Crippen molar-refractivity contribution in [1.29, 1.82) is 0 Å². The lowest BCUT2D eigenvalue weighted by Gasteiger charge is -2.24. The van der Waals surface area contributed by atoms with E-state index in [4.69, 9.17) is 10.5 Å². The molecule has 1 unspecified atom stereocenters. The highest BCUT2D eigenvalue weighted by Crippen LogP contribution is 2.21. The van der Waals surface area contributed by atoms with Crippen LogP contribution in [-0.2, 0) is 16.0 Å². The van der Waals surface area contributed by atoms with E-state index in [0.29, 0.717) is 6.42 Å². The number of ether oxygens (including phenoxy) is 1. The molecule has 0 radical (unpaired) electrons. The Bertz CT molecular complexity index is 327. The standard InChI is InChI=1S/C11H16N2O2/c1-11(8-12,10(14)15-2)7-9-5-3-4-6-13-9/h3-6H,7-8,12H2,1-2H3. The van der Waals surface area contributed by atoms with Crippen LogP contribution in [0.1, 0.15) is 12.6 Å². The van der Waals surface area contributed by atoms with Crippen molar-refractivity contribution < 1.29 is 9.53 Å². The Morgan fingerprint density at radius 2 is 2.33 bits per heavy atom. The third kappa shape index (κ3) is 2.76. The van der Waals surface area contributed by atoms with Gasteiger partial charge in [-0.3, -0.25) is 9.78 Å². The minimum Gasteiger partial charge on any atom is -0.469 e. The van der Waals surface area contributed by atoms with Gasteiger partial charge in [0.25, 0.3) is 0 Å². The van der Waals surface area contributed by atoms with Crippen LogP contribution in [0.15, 0.2) is 24.4 Å². The molecule has 0 aliphatic rings. The van der Waals surface area contributed by atoms with E-state index in [1.54, 1.807) is 13.1 Å². The van der Waals surface area contributed by atoms with E-state index in [2.05, 4.69) is 4.98 Å². The summed E-state index contributed by atoms with van der Waals surface area (Å²) in [5.74, 6) is -0.296. The highest BCUT2D eigenvalue weighted by molar-refractivity contribution is 5.76. The topological polar surface area (TPSA) is 65.2 Å². The van der Waals surface area contributed by atoms with Crippen LogP contribution in [0, 0.1) is 5.41 Å². The van der Waals surface area contributed by atoms with Gasteiger partial charge in [-0.15, -0.1) is 0 Å². The minimum absolute atomic E-state index is 0.246. The molecule has 0 aliphatic heterocycles. The van der Waals surface area contributed by atoms with E-state index in [9.17, 15) is 4.79 Å². The molecule has 1 aromatic rings. The number of esters is 1. The summed E-state index contributed by atoms with van der Waals surface area (Å²) < 4.78 is 4.73. The van der Waals surface area contributed by atoms with Crippen LogP contribution in [0.3, 0.4) is 0 Å². The number of pyridine rings is 1. The molecule has 4 nitrogen and oxygen atoms in total. The van der Waals surface area contributed by atoms with Crippen molar-refractivity contribution in [3.8, 4) is 0 Å². The van der Waals surface area contributed by atoms with Crippen molar-refractivity contribution in [3.63, 3.8) is 0 Å². The first kappa shape index (κ1) is 11.7. The smallest absolute Gasteiger partial charge is 0.313 e. The average Bonchev–Trinajstić information content (AvgIpc) is 2.29. The van der Waals surface area contributed by atoms with Crippen molar-refractivity contribution in [2.24, 2.45) is 11.1 Å². The summed E-state index contributed by atoms with van der Waals surface area (Å²) in [5, 5.41) is 0. The second-order valence-electron chi connectivity index (χ2n) is 3.75. The Balaban J connectivity index is 2.81. The highest BCUT2D eigenvalue weighted by atomic mass is 16.5. The van der Waals surface area contributed by atoms with E-state index in [1.807, 2.05) is 18.2 Å². The molecule has 0 aliphatic carbocycles. The van der Waals surface area contributed by atoms with Gasteiger partial charge in [0.15, 0.2) is 0 Å². The maximum atomic E-state index is 11.5. The number of hydrogen-bond donors (Lipinski definition) is 1. The lowest BCUT2D eigenvalue weighted by molar-refractivity contribution is -0.151. The molecule has 82 valence electrons. The van der Waals surface area contributed by atoms with Crippen molar-refractivity contribution in [3.05, 3.63) is 30.1 Å². The number of methoxy groups -OCH3 is 1. The Labute approximate surface area is 89.5 Å². The number of hydrogen-bond acceptors (Lipinski definition) is 4. The van der Waals surface area contributed by atoms with Gasteiger partial charge in [0.1, 0.15) is 0 Å². The molecule has 1 atom stereocenters. The summed E-state index contributed by atoms with van der Waals surface area (Å²) in [6, 6.07) is 5.59. The predicted molar refractivity (Wildman–Crippen MR) is 57.1 cm³/mol. The zero-order valence-electron chi connectivity index (χ0n) is 9.06. The summed E-state index contributed by atoms with van der Waals surface area (Å²) in [5.41, 5.74) is 5.75. The van der Waals surface area contributed by atoms with Crippen LogP contribution in [0.2, 0.25) is 0 Å². The van der Waals surface area contributed by atoms with Crippen molar-refractivity contribution in [1.82, 2.24) is 4.98 Å². The van der Waals surface area contributed by atoms with Gasteiger partial charge in [0, 0.05) is 24.9 Å². The summed E-state index contributed by atoms with van der Waals surface area (Å²) in [6.45, 7) is 2.03. The van der Waals surface area contributed by atoms with E-state index in [-0.39, 0.29) is 12.5 Å². The molecule has 0 spiro atoms. The van der Waals surface area contributed by atoms with Crippen LogP contribution in [0.25, 0.3) is 0 Å². The predicted octanol–water partition coefficient (Wildman–Crippen LogP) is 0.762. The van der Waals surface area contributed by atoms with Crippen LogP contribution in [0.4, 0.5) is 0 Å². The third-order valence-corrected chi connectivity index (χ3v) is 2.43. The number of nitrogens with two attached hydrogens (primary N) is 1. The van der Waals surface area contributed by atoms with Crippen molar-refractivity contribution >= 4 is 5.97 Å². The molecule has 0 saturated carbocycles. The van der Waals surface area contributed by atoms with Gasteiger partial charge in [-0.25, -0.2) is 0 Å². The first-order valence-electron chi connectivity index (χ1n) is 4.81. The molecular weight excluding hydrogens is 192 g/mol. The molecule has 15 heavy (non-hydrogen) atoms. The quantitative estimate of drug-likeness (QED) is 0.742. The van der Waals surface area contributed by atoms with Gasteiger partial charge in [-0.2, -0.15) is 0 Å². The summed E-state index contributed by atoms with van der Waals surface area (Å²) >= 11 is 0. The van der Waals surface area contributed by atoms with Gasteiger partial charge in [-0.1, -0.05) is 6.07 Å². The van der Waals surface area contributed by atoms with Crippen LogP contribution in [-0.4, -0.2) is 24.6 Å². The summed E-state index contributed by atoms with van der Waals surface area (Å²) in [7, 11) is 1.37. The Kier molecular flexibility index (Phi) is 3.80. The number of rotatable bonds is 4. The first-order valence-corrected chi connectivity index (χ1v) is 4.81. The monoisotopic (exact) mass is 208 g/mol. The molecule has 0 bridgehead atoms. The van der Waals surface area contributed by atoms with E-state index in [1.165, 1.54) is 7.11 Å². The van der Waals surface area contributed by atoms with Gasteiger partial charge < -0.3 is 10.5 Å². The minimum atomic E-state index is -0.691. The third-order valence-electron chi connectivity index (χ3n) is 2.43. The second-order valence-corrected chi connectivity index (χ2v) is 3.75. The molecule has 1 aromatic heterocycles. The van der Waals surface area contributed by atoms with Gasteiger partial charge in [0.2, 0.25) is 0 Å². The molecule has 1 rings (SSSR count). The van der Waals surface area contributed by atoms with Gasteiger partial charge in [-0.05, 0) is 19.1 Å². The zero-order valence-corrected chi connectivity index (χ0v) is 9.06. The van der Waals surface area contributed by atoms with E-state index < -0.39 is 5.41 Å². The van der Waals surface area contributed by atoms with E-state index >= 15 is 0 Å². The molecule has 0 fully saturated rings. The lowest BCUT2D eigenvalue weighted by Crippen LogP contribution is -2.38. The van der Waals surface area contributed by atoms with Crippen molar-refractivity contribution in [2.75, 3.05) is 13.7 Å². The fourth-order valence-electron chi connectivity index (χ4n) is 1.38. The average molecular weight is 208 g/mol. The molecule has 4 heteroatoms. The summed E-state index contributed by atoms with van der Waals surface area (Å²) in [6.07, 6.45) is 2.20. The maximum Gasteiger partial charge on any atom is 0.313 e. The number of nitrogens with zero attached hydrogens (tertiary/aromatic N) is 1. The number of aromatic nitrogens is 1. The highest BCUT2D eigenvalue weighted by Gasteiger charge is 2.33. The Morgan fingerprint density at radius 3 is 2.80 bits per heavy atom. The SMILES string of the molecule is COC(=O)C(C)(CN)Cc1ccccn1. The summed E-state index contributed by atoms with van der Waals surface area (Å²) in [4.78, 5) is 15.7. The zero-order chi connectivity index (χ0) is 11.3. The Morgan fingerprint density at radius 1 is 1.60 bits per heavy atom. The molecule has 0 aromatic carbocycles.